The molecule has 0 aromatic carbocycles. The van der Waals surface area contributed by atoms with Crippen LogP contribution in [0.4, 0.5) is 0 Å². The number of nitrogens with one attached hydrogen (secondary N) is 1. The van der Waals surface area contributed by atoms with E-state index in [0.717, 1.165) is 12.8 Å². The van der Waals surface area contributed by atoms with Gasteiger partial charge in [-0.3, -0.25) is 9.59 Å². The lowest BCUT2D eigenvalue weighted by molar-refractivity contribution is -0.154. The van der Waals surface area contributed by atoms with E-state index >= 15 is 0 Å². The summed E-state index contributed by atoms with van der Waals surface area (Å²) in [4.78, 5) is 27.2. The number of ether oxygens (including phenoxy) is 1. The molecule has 0 unspecified atom stereocenters. The lowest BCUT2D eigenvalue weighted by Gasteiger charge is -2.18. The number of oxazole rings is 1. The number of nitrogens with zero attached hydrogens (tertiary/aromatic N) is 1. The molecule has 0 spiro atoms. The van der Waals surface area contributed by atoms with Crippen LogP contribution in [0, 0.1) is 0 Å². The maximum Gasteiger partial charge on any atom is 0.315 e. The number of esters is 1. The zero-order chi connectivity index (χ0) is 14.0. The van der Waals surface area contributed by atoms with E-state index < -0.39 is 11.6 Å². The van der Waals surface area contributed by atoms with E-state index in [1.165, 1.54) is 6.26 Å². The second kappa shape index (κ2) is 5.03. The number of aromatic nitrogens is 1. The van der Waals surface area contributed by atoms with Gasteiger partial charge in [0.15, 0.2) is 5.69 Å². The van der Waals surface area contributed by atoms with Crippen molar-refractivity contribution in [3.63, 3.8) is 0 Å². The first-order valence-electron chi connectivity index (χ1n) is 6.30. The summed E-state index contributed by atoms with van der Waals surface area (Å²) in [5.41, 5.74) is -0.346. The highest BCUT2D eigenvalue weighted by Crippen LogP contribution is 2.19. The summed E-state index contributed by atoms with van der Waals surface area (Å²) in [5.74, 6) is -0.500. The van der Waals surface area contributed by atoms with Gasteiger partial charge in [0.1, 0.15) is 18.3 Å². The van der Waals surface area contributed by atoms with Gasteiger partial charge in [-0.1, -0.05) is 0 Å². The Labute approximate surface area is 111 Å². The van der Waals surface area contributed by atoms with Crippen LogP contribution in [0.1, 0.15) is 50.0 Å². The van der Waals surface area contributed by atoms with Crippen LogP contribution in [0.2, 0.25) is 0 Å². The fraction of sp³-hybridized carbons (Fsp3) is 0.615. The van der Waals surface area contributed by atoms with Gasteiger partial charge < -0.3 is 14.5 Å². The first-order valence-corrected chi connectivity index (χ1v) is 6.30. The van der Waals surface area contributed by atoms with E-state index in [2.05, 4.69) is 10.3 Å². The number of hydrogen-bond donors (Lipinski definition) is 1. The topological polar surface area (TPSA) is 81.4 Å². The van der Waals surface area contributed by atoms with Crippen molar-refractivity contribution in [2.24, 2.45) is 0 Å². The standard InChI is InChI=1S/C13H18N2O4/c1-13(2,3)19-11(16)6-10-15-9(7-18-10)12(17)14-8-4-5-8/h7-8H,4-6H2,1-3H3,(H,14,17). The Kier molecular flexibility index (Phi) is 3.59. The zero-order valence-corrected chi connectivity index (χ0v) is 11.4. The molecule has 1 aromatic heterocycles. The van der Waals surface area contributed by atoms with E-state index in [0.29, 0.717) is 0 Å². The van der Waals surface area contributed by atoms with E-state index in [1.54, 1.807) is 20.8 Å². The van der Waals surface area contributed by atoms with Gasteiger partial charge in [0, 0.05) is 6.04 Å². The molecule has 1 heterocycles. The first-order chi connectivity index (χ1) is 8.83. The van der Waals surface area contributed by atoms with Crippen molar-refractivity contribution in [2.45, 2.75) is 51.7 Å². The van der Waals surface area contributed by atoms with Gasteiger partial charge in [-0.05, 0) is 33.6 Å². The Hall–Kier alpha value is -1.85. The van der Waals surface area contributed by atoms with Crippen LogP contribution in [0.3, 0.4) is 0 Å². The summed E-state index contributed by atoms with van der Waals surface area (Å²) in [6.07, 6.45) is 3.20. The smallest absolute Gasteiger partial charge is 0.315 e. The van der Waals surface area contributed by atoms with E-state index in [1.807, 2.05) is 0 Å². The third-order valence-electron chi connectivity index (χ3n) is 2.41. The van der Waals surface area contributed by atoms with Crippen molar-refractivity contribution in [2.75, 3.05) is 0 Å². The summed E-state index contributed by atoms with van der Waals surface area (Å²) in [5, 5.41) is 2.80. The Bertz CT molecular complexity index is 483. The highest BCUT2D eigenvalue weighted by Gasteiger charge is 2.25. The summed E-state index contributed by atoms with van der Waals surface area (Å²) in [6, 6.07) is 0.263. The zero-order valence-electron chi connectivity index (χ0n) is 11.4. The molecule has 1 amide bonds. The highest BCUT2D eigenvalue weighted by atomic mass is 16.6. The van der Waals surface area contributed by atoms with Crippen LogP contribution in [-0.4, -0.2) is 28.5 Å². The maximum absolute atomic E-state index is 11.7. The molecule has 1 aliphatic carbocycles. The quantitative estimate of drug-likeness (QED) is 0.834. The van der Waals surface area contributed by atoms with Gasteiger partial charge in [0.25, 0.3) is 5.91 Å². The molecule has 0 saturated heterocycles. The second-order valence-corrected chi connectivity index (χ2v) is 5.64. The molecular weight excluding hydrogens is 248 g/mol. The predicted molar refractivity (Wildman–Crippen MR) is 66.5 cm³/mol. The Morgan fingerprint density at radius 1 is 1.47 bits per heavy atom. The molecule has 6 heteroatoms. The summed E-state index contributed by atoms with van der Waals surface area (Å²) >= 11 is 0. The highest BCUT2D eigenvalue weighted by molar-refractivity contribution is 5.92. The fourth-order valence-electron chi connectivity index (χ4n) is 1.48. The van der Waals surface area contributed by atoms with Gasteiger partial charge in [-0.15, -0.1) is 0 Å². The summed E-state index contributed by atoms with van der Waals surface area (Å²) in [6.45, 7) is 5.36. The molecule has 19 heavy (non-hydrogen) atoms. The van der Waals surface area contributed by atoms with E-state index in [4.69, 9.17) is 9.15 Å². The molecule has 0 bridgehead atoms. The SMILES string of the molecule is CC(C)(C)OC(=O)Cc1nc(C(=O)NC2CC2)co1. The van der Waals surface area contributed by atoms with Crippen molar-refractivity contribution in [1.29, 1.82) is 0 Å². The van der Waals surface area contributed by atoms with Crippen molar-refractivity contribution in [3.05, 3.63) is 17.8 Å². The molecule has 1 aromatic rings. The van der Waals surface area contributed by atoms with Gasteiger partial charge >= 0.3 is 5.97 Å². The molecule has 2 rings (SSSR count). The number of carbonyl (C=O) groups is 2. The van der Waals surface area contributed by atoms with Crippen molar-refractivity contribution in [3.8, 4) is 0 Å². The van der Waals surface area contributed by atoms with Crippen LogP contribution < -0.4 is 5.32 Å². The molecule has 1 saturated carbocycles. The van der Waals surface area contributed by atoms with Gasteiger partial charge in [0.05, 0.1) is 0 Å². The Balaban J connectivity index is 1.89. The van der Waals surface area contributed by atoms with Gasteiger partial charge in [-0.25, -0.2) is 4.98 Å². The van der Waals surface area contributed by atoms with Gasteiger partial charge in [-0.2, -0.15) is 0 Å². The van der Waals surface area contributed by atoms with Gasteiger partial charge in [0.2, 0.25) is 5.89 Å². The minimum absolute atomic E-state index is 0.0754. The molecule has 104 valence electrons. The number of hydrogen-bond acceptors (Lipinski definition) is 5. The second-order valence-electron chi connectivity index (χ2n) is 5.64. The first kappa shape index (κ1) is 13.6. The molecule has 0 aliphatic heterocycles. The molecule has 0 radical (unpaired) electrons. The molecule has 1 fully saturated rings. The molecule has 1 aliphatic rings. The number of carbonyl (C=O) groups excluding carboxylic acids is 2. The van der Waals surface area contributed by atoms with E-state index in [-0.39, 0.29) is 30.0 Å². The largest absolute Gasteiger partial charge is 0.460 e. The Morgan fingerprint density at radius 3 is 2.74 bits per heavy atom. The average molecular weight is 266 g/mol. The molecule has 1 N–H and O–H groups in total. The minimum Gasteiger partial charge on any atom is -0.460 e. The molecule has 6 nitrogen and oxygen atoms in total. The third kappa shape index (κ3) is 4.39. The lowest BCUT2D eigenvalue weighted by atomic mass is 10.2. The van der Waals surface area contributed by atoms with Crippen LogP contribution in [-0.2, 0) is 16.0 Å². The number of amides is 1. The maximum atomic E-state index is 11.7. The van der Waals surface area contributed by atoms with Crippen LogP contribution in [0.5, 0.6) is 0 Å². The van der Waals surface area contributed by atoms with Crippen molar-refractivity contribution >= 4 is 11.9 Å². The lowest BCUT2D eigenvalue weighted by Crippen LogP contribution is -2.26. The van der Waals surface area contributed by atoms with E-state index in [9.17, 15) is 9.59 Å². The minimum atomic E-state index is -0.546. The number of rotatable bonds is 4. The molecule has 0 atom stereocenters. The third-order valence-corrected chi connectivity index (χ3v) is 2.41. The van der Waals surface area contributed by atoms with Crippen LogP contribution >= 0.6 is 0 Å². The molecular formula is C13H18N2O4. The summed E-state index contributed by atoms with van der Waals surface area (Å²) in [7, 11) is 0. The average Bonchev–Trinajstić information content (AvgIpc) is 2.93. The Morgan fingerprint density at radius 2 is 2.16 bits per heavy atom. The summed E-state index contributed by atoms with van der Waals surface area (Å²) < 4.78 is 10.2. The monoisotopic (exact) mass is 266 g/mol. The van der Waals surface area contributed by atoms with Crippen molar-refractivity contribution in [1.82, 2.24) is 10.3 Å². The fourth-order valence-corrected chi connectivity index (χ4v) is 1.48. The normalized spacial score (nSPS) is 15.1. The predicted octanol–water partition coefficient (Wildman–Crippen LogP) is 1.45. The van der Waals surface area contributed by atoms with Crippen LogP contribution in [0.25, 0.3) is 0 Å². The van der Waals surface area contributed by atoms with Crippen molar-refractivity contribution < 1.29 is 18.7 Å². The van der Waals surface area contributed by atoms with Crippen LogP contribution in [0.15, 0.2) is 10.7 Å².